The minimum absolute atomic E-state index is 0.00401. The number of non-ortho nitro benzene ring substituents is 1. The Morgan fingerprint density at radius 1 is 1.31 bits per heavy atom. The maximum Gasteiger partial charge on any atom is 0.270 e. The Bertz CT molecular complexity index is 1270. The van der Waals surface area contributed by atoms with Crippen molar-refractivity contribution in [3.8, 4) is 5.75 Å². The highest BCUT2D eigenvalue weighted by molar-refractivity contribution is 6.34. The van der Waals surface area contributed by atoms with Gasteiger partial charge in [0.05, 0.1) is 40.4 Å². The molecule has 1 amide bonds. The van der Waals surface area contributed by atoms with Gasteiger partial charge in [0.25, 0.3) is 17.2 Å². The molecule has 1 N–H and O–H groups in total. The average molecular weight is 455 g/mol. The third-order valence-corrected chi connectivity index (χ3v) is 5.62. The molecule has 0 spiro atoms. The number of fused-ring (bicyclic) bond motifs is 1. The van der Waals surface area contributed by atoms with Gasteiger partial charge in [-0.05, 0) is 23.8 Å². The van der Waals surface area contributed by atoms with Crippen molar-refractivity contribution in [3.05, 3.63) is 96.2 Å². The number of carbonyl (C=O) groups is 1. The van der Waals surface area contributed by atoms with Crippen molar-refractivity contribution in [2.45, 2.75) is 19.4 Å². The van der Waals surface area contributed by atoms with Crippen LogP contribution in [0.1, 0.15) is 33.0 Å². The van der Waals surface area contributed by atoms with Crippen LogP contribution in [0.25, 0.3) is 0 Å². The molecule has 4 rings (SSSR count). The van der Waals surface area contributed by atoms with E-state index in [0.717, 1.165) is 17.4 Å². The SMILES string of the molecule is COc1cccc(Cc2nc3c(c(=O)[nH]2)CN(C(=O)c2ccc([N+](=O)[O-])cc2Cl)CC3)c1. The number of nitro benzene ring substituents is 1. The Hall–Kier alpha value is -3.72. The summed E-state index contributed by atoms with van der Waals surface area (Å²) in [4.78, 5) is 44.9. The van der Waals surface area contributed by atoms with Crippen molar-refractivity contribution in [1.29, 1.82) is 0 Å². The molecule has 0 saturated heterocycles. The number of nitro groups is 1. The fraction of sp³-hybridized carbons (Fsp3) is 0.227. The van der Waals surface area contributed by atoms with E-state index in [1.165, 1.54) is 17.0 Å². The molecule has 0 aliphatic carbocycles. The minimum atomic E-state index is -0.578. The molecule has 9 nitrogen and oxygen atoms in total. The molecule has 2 heterocycles. The number of hydrogen-bond acceptors (Lipinski definition) is 6. The lowest BCUT2D eigenvalue weighted by Crippen LogP contribution is -2.40. The van der Waals surface area contributed by atoms with Gasteiger partial charge in [-0.3, -0.25) is 19.7 Å². The van der Waals surface area contributed by atoms with Crippen molar-refractivity contribution in [3.63, 3.8) is 0 Å². The topological polar surface area (TPSA) is 118 Å². The summed E-state index contributed by atoms with van der Waals surface area (Å²) >= 11 is 6.10. The first-order valence-electron chi connectivity index (χ1n) is 9.83. The summed E-state index contributed by atoms with van der Waals surface area (Å²) in [7, 11) is 1.59. The third-order valence-electron chi connectivity index (χ3n) is 5.30. The molecule has 0 bridgehead atoms. The molecule has 3 aromatic rings. The van der Waals surface area contributed by atoms with Crippen LogP contribution in [0.5, 0.6) is 5.75 Å². The number of benzene rings is 2. The molecule has 32 heavy (non-hydrogen) atoms. The summed E-state index contributed by atoms with van der Waals surface area (Å²) in [5.74, 6) is 0.873. The number of carbonyl (C=O) groups excluding carboxylic acids is 1. The number of nitrogens with one attached hydrogen (secondary N) is 1. The highest BCUT2D eigenvalue weighted by Crippen LogP contribution is 2.25. The number of methoxy groups -OCH3 is 1. The van der Waals surface area contributed by atoms with Gasteiger partial charge in [0.1, 0.15) is 11.6 Å². The number of ether oxygens (including phenoxy) is 1. The van der Waals surface area contributed by atoms with Crippen molar-refractivity contribution < 1.29 is 14.5 Å². The first kappa shape index (κ1) is 21.5. The fourth-order valence-corrected chi connectivity index (χ4v) is 3.93. The minimum Gasteiger partial charge on any atom is -0.497 e. The van der Waals surface area contributed by atoms with Gasteiger partial charge in [-0.1, -0.05) is 23.7 Å². The first-order chi connectivity index (χ1) is 15.4. The van der Waals surface area contributed by atoms with Gasteiger partial charge in [-0.2, -0.15) is 0 Å². The number of rotatable bonds is 5. The van der Waals surface area contributed by atoms with Crippen LogP contribution in [0.4, 0.5) is 5.69 Å². The number of hydrogen-bond donors (Lipinski definition) is 1. The first-order valence-corrected chi connectivity index (χ1v) is 10.2. The fourth-order valence-electron chi connectivity index (χ4n) is 3.67. The normalized spacial score (nSPS) is 12.9. The van der Waals surface area contributed by atoms with Gasteiger partial charge in [0.2, 0.25) is 0 Å². The largest absolute Gasteiger partial charge is 0.497 e. The summed E-state index contributed by atoms with van der Waals surface area (Å²) in [6, 6.07) is 11.2. The molecule has 0 saturated carbocycles. The van der Waals surface area contributed by atoms with E-state index in [2.05, 4.69) is 9.97 Å². The van der Waals surface area contributed by atoms with Crippen molar-refractivity contribution in [1.82, 2.24) is 14.9 Å². The summed E-state index contributed by atoms with van der Waals surface area (Å²) < 4.78 is 5.23. The second-order valence-electron chi connectivity index (χ2n) is 7.36. The van der Waals surface area contributed by atoms with Gasteiger partial charge in [-0.15, -0.1) is 0 Å². The van der Waals surface area contributed by atoms with E-state index in [4.69, 9.17) is 16.3 Å². The van der Waals surface area contributed by atoms with Crippen molar-refractivity contribution in [2.24, 2.45) is 0 Å². The second-order valence-corrected chi connectivity index (χ2v) is 7.77. The van der Waals surface area contributed by atoms with E-state index in [9.17, 15) is 19.7 Å². The van der Waals surface area contributed by atoms with Crippen LogP contribution in [0.15, 0.2) is 47.3 Å². The maximum absolute atomic E-state index is 12.9. The van der Waals surface area contributed by atoms with Crippen LogP contribution >= 0.6 is 11.6 Å². The van der Waals surface area contributed by atoms with E-state index in [-0.39, 0.29) is 28.4 Å². The quantitative estimate of drug-likeness (QED) is 0.467. The molecule has 1 aliphatic heterocycles. The number of H-pyrrole nitrogens is 1. The number of halogens is 1. The van der Waals surface area contributed by atoms with Crippen LogP contribution in [0, 0.1) is 10.1 Å². The Balaban J connectivity index is 1.54. The molecule has 1 aromatic heterocycles. The highest BCUT2D eigenvalue weighted by atomic mass is 35.5. The third kappa shape index (κ3) is 4.33. The van der Waals surface area contributed by atoms with E-state index >= 15 is 0 Å². The zero-order valence-corrected chi connectivity index (χ0v) is 17.9. The lowest BCUT2D eigenvalue weighted by molar-refractivity contribution is -0.384. The maximum atomic E-state index is 12.9. The summed E-state index contributed by atoms with van der Waals surface area (Å²) in [5.41, 5.74) is 1.70. The van der Waals surface area contributed by atoms with Crippen molar-refractivity contribution >= 4 is 23.2 Å². The van der Waals surface area contributed by atoms with Gasteiger partial charge >= 0.3 is 0 Å². The zero-order valence-electron chi connectivity index (χ0n) is 17.1. The molecule has 0 atom stereocenters. The van der Waals surface area contributed by atoms with Crippen LogP contribution in [0.3, 0.4) is 0 Å². The van der Waals surface area contributed by atoms with Gasteiger partial charge in [-0.25, -0.2) is 4.98 Å². The lowest BCUT2D eigenvalue weighted by Gasteiger charge is -2.28. The molecular formula is C22H19ClN4O5. The van der Waals surface area contributed by atoms with Gasteiger partial charge in [0.15, 0.2) is 0 Å². The van der Waals surface area contributed by atoms with Crippen molar-refractivity contribution in [2.75, 3.05) is 13.7 Å². The number of amides is 1. The molecule has 0 fully saturated rings. The Morgan fingerprint density at radius 3 is 2.84 bits per heavy atom. The Kier molecular flexibility index (Phi) is 5.91. The Morgan fingerprint density at radius 2 is 2.12 bits per heavy atom. The molecular weight excluding hydrogens is 436 g/mol. The summed E-state index contributed by atoms with van der Waals surface area (Å²) in [6.45, 7) is 0.442. The number of aromatic nitrogens is 2. The molecule has 1 aliphatic rings. The highest BCUT2D eigenvalue weighted by Gasteiger charge is 2.27. The Labute approximate surface area is 187 Å². The second kappa shape index (κ2) is 8.80. The standard InChI is InChI=1S/C22H19ClN4O5/c1-32-15-4-2-3-13(9-15)10-20-24-19-7-8-26(12-17(19)21(28)25-20)22(29)16-6-5-14(27(30)31)11-18(16)23/h2-6,9,11H,7-8,10,12H2,1H3,(H,24,25,28). The zero-order chi connectivity index (χ0) is 22.8. The van der Waals surface area contributed by atoms with Crippen LogP contribution in [-0.2, 0) is 19.4 Å². The number of nitrogens with zero attached hydrogens (tertiary/aromatic N) is 3. The monoisotopic (exact) mass is 454 g/mol. The molecule has 2 aromatic carbocycles. The summed E-state index contributed by atoms with van der Waals surface area (Å²) in [6.07, 6.45) is 0.863. The molecule has 0 radical (unpaired) electrons. The lowest BCUT2D eigenvalue weighted by atomic mass is 10.0. The average Bonchev–Trinajstić information content (AvgIpc) is 2.78. The van der Waals surface area contributed by atoms with Crippen LogP contribution < -0.4 is 10.3 Å². The van der Waals surface area contributed by atoms with Gasteiger partial charge < -0.3 is 14.6 Å². The van der Waals surface area contributed by atoms with Crippen LogP contribution in [0.2, 0.25) is 5.02 Å². The van der Waals surface area contributed by atoms with E-state index in [0.29, 0.717) is 36.5 Å². The molecule has 164 valence electrons. The molecule has 0 unspecified atom stereocenters. The van der Waals surface area contributed by atoms with E-state index in [1.54, 1.807) is 7.11 Å². The van der Waals surface area contributed by atoms with Gasteiger partial charge in [0, 0.05) is 31.5 Å². The van der Waals surface area contributed by atoms with E-state index < -0.39 is 10.8 Å². The van der Waals surface area contributed by atoms with Crippen LogP contribution in [-0.4, -0.2) is 39.4 Å². The molecule has 10 heteroatoms. The predicted octanol–water partition coefficient (Wildman–Crippen LogP) is 3.13. The van der Waals surface area contributed by atoms with E-state index in [1.807, 2.05) is 24.3 Å². The smallest absolute Gasteiger partial charge is 0.270 e. The summed E-state index contributed by atoms with van der Waals surface area (Å²) in [5, 5.41) is 10.9. The predicted molar refractivity (Wildman–Crippen MR) is 117 cm³/mol. The number of aromatic amines is 1.